The summed E-state index contributed by atoms with van der Waals surface area (Å²) in [5.41, 5.74) is 0.440. The predicted molar refractivity (Wildman–Crippen MR) is 92.9 cm³/mol. The first kappa shape index (κ1) is 20.2. The summed E-state index contributed by atoms with van der Waals surface area (Å²) in [6.07, 6.45) is 0. The Morgan fingerprint density at radius 3 is 2.22 bits per heavy atom. The van der Waals surface area contributed by atoms with Gasteiger partial charge in [-0.2, -0.15) is 0 Å². The highest BCUT2D eigenvalue weighted by Crippen LogP contribution is 2.53. The molecule has 23 heavy (non-hydrogen) atoms. The molecule has 0 radical (unpaired) electrons. The summed E-state index contributed by atoms with van der Waals surface area (Å²) in [4.78, 5) is 13.6. The van der Waals surface area contributed by atoms with E-state index in [1.54, 1.807) is 18.7 Å². The van der Waals surface area contributed by atoms with Crippen molar-refractivity contribution in [3.63, 3.8) is 0 Å². The lowest BCUT2D eigenvalue weighted by atomic mass is 10.2. The molecule has 130 valence electrons. The molecule has 1 atom stereocenters. The van der Waals surface area contributed by atoms with Crippen molar-refractivity contribution in [3.05, 3.63) is 35.9 Å². The molecule has 0 spiro atoms. The van der Waals surface area contributed by atoms with Crippen LogP contribution in [0.15, 0.2) is 30.3 Å². The van der Waals surface area contributed by atoms with E-state index in [1.165, 1.54) is 6.92 Å². The smallest absolute Gasteiger partial charge is 0.336 e. The van der Waals surface area contributed by atoms with Crippen molar-refractivity contribution < 1.29 is 18.4 Å². The summed E-state index contributed by atoms with van der Waals surface area (Å²) in [6, 6.07) is 9.63. The Kier molecular flexibility index (Phi) is 8.85. The first-order valence-electron chi connectivity index (χ1n) is 7.71. The van der Waals surface area contributed by atoms with E-state index in [4.69, 9.17) is 20.6 Å². The van der Waals surface area contributed by atoms with E-state index in [-0.39, 0.29) is 31.5 Å². The molecule has 1 amide bonds. The van der Waals surface area contributed by atoms with Crippen molar-refractivity contribution in [2.75, 3.05) is 25.6 Å². The Labute approximate surface area is 143 Å². The molecule has 0 aromatic heterocycles. The molecule has 0 aliphatic carbocycles. The lowest BCUT2D eigenvalue weighted by Gasteiger charge is -2.30. The van der Waals surface area contributed by atoms with Gasteiger partial charge < -0.3 is 13.9 Å². The van der Waals surface area contributed by atoms with Crippen LogP contribution in [-0.2, 0) is 25.0 Å². The first-order chi connectivity index (χ1) is 11.0. The van der Waals surface area contributed by atoms with Gasteiger partial charge in [-0.3, -0.25) is 9.36 Å². The van der Waals surface area contributed by atoms with Crippen LogP contribution in [0, 0.1) is 0 Å². The number of carbonyl (C=O) groups is 1. The maximum Gasteiger partial charge on any atom is 0.336 e. The second-order valence-corrected chi connectivity index (χ2v) is 7.70. The SMILES string of the molecule is CCOP(=O)(OCC)C(CCl)CN(Cc1ccccc1)C(C)=O. The number of hydrogen-bond acceptors (Lipinski definition) is 4. The molecule has 7 heteroatoms. The zero-order valence-corrected chi connectivity index (χ0v) is 15.6. The van der Waals surface area contributed by atoms with Crippen LogP contribution < -0.4 is 0 Å². The van der Waals surface area contributed by atoms with Crippen molar-refractivity contribution in [3.8, 4) is 0 Å². The van der Waals surface area contributed by atoms with Gasteiger partial charge in [0.25, 0.3) is 0 Å². The van der Waals surface area contributed by atoms with Crippen molar-refractivity contribution in [1.29, 1.82) is 0 Å². The van der Waals surface area contributed by atoms with Crippen LogP contribution in [0.3, 0.4) is 0 Å². The molecule has 0 saturated carbocycles. The third-order valence-electron chi connectivity index (χ3n) is 3.34. The number of hydrogen-bond donors (Lipinski definition) is 0. The third-order valence-corrected chi connectivity index (χ3v) is 6.40. The molecule has 0 saturated heterocycles. The van der Waals surface area contributed by atoms with Gasteiger partial charge in [0.1, 0.15) is 0 Å². The van der Waals surface area contributed by atoms with Crippen molar-refractivity contribution >= 4 is 25.1 Å². The number of nitrogens with zero attached hydrogens (tertiary/aromatic N) is 1. The molecule has 1 aromatic carbocycles. The van der Waals surface area contributed by atoms with Gasteiger partial charge in [0.05, 0.1) is 18.9 Å². The van der Waals surface area contributed by atoms with E-state index in [0.717, 1.165) is 5.56 Å². The Morgan fingerprint density at radius 1 is 1.22 bits per heavy atom. The Bertz CT molecular complexity index is 516. The van der Waals surface area contributed by atoms with Crippen LogP contribution in [0.1, 0.15) is 26.3 Å². The summed E-state index contributed by atoms with van der Waals surface area (Å²) in [5.74, 6) is -0.0148. The predicted octanol–water partition coefficient (Wildman–Crippen LogP) is 3.91. The van der Waals surface area contributed by atoms with Gasteiger partial charge >= 0.3 is 7.60 Å². The number of alkyl halides is 1. The number of amides is 1. The van der Waals surface area contributed by atoms with Crippen LogP contribution in [0.25, 0.3) is 0 Å². The lowest BCUT2D eigenvalue weighted by molar-refractivity contribution is -0.129. The molecule has 1 unspecified atom stereocenters. The van der Waals surface area contributed by atoms with Crippen molar-refractivity contribution in [1.82, 2.24) is 4.90 Å². The quantitative estimate of drug-likeness (QED) is 0.468. The third kappa shape index (κ3) is 6.27. The van der Waals surface area contributed by atoms with Gasteiger partial charge in [0.15, 0.2) is 0 Å². The number of carbonyl (C=O) groups excluding carboxylic acids is 1. The number of benzene rings is 1. The number of rotatable bonds is 10. The molecule has 0 fully saturated rings. The van der Waals surface area contributed by atoms with E-state index in [9.17, 15) is 9.36 Å². The van der Waals surface area contributed by atoms with E-state index in [0.29, 0.717) is 6.54 Å². The normalized spacial score (nSPS) is 12.9. The molecular formula is C16H25ClNO4P. The second kappa shape index (κ2) is 10.1. The fourth-order valence-electron chi connectivity index (χ4n) is 2.20. The highest BCUT2D eigenvalue weighted by molar-refractivity contribution is 7.54. The summed E-state index contributed by atoms with van der Waals surface area (Å²) in [7, 11) is -3.35. The van der Waals surface area contributed by atoms with Crippen molar-refractivity contribution in [2.24, 2.45) is 0 Å². The summed E-state index contributed by atoms with van der Waals surface area (Å²) in [5, 5.41) is 0. The van der Waals surface area contributed by atoms with Crippen LogP contribution in [0.2, 0.25) is 0 Å². The van der Waals surface area contributed by atoms with Gasteiger partial charge in [-0.15, -0.1) is 11.6 Å². The average molecular weight is 362 g/mol. The molecule has 1 aromatic rings. The lowest BCUT2D eigenvalue weighted by Crippen LogP contribution is -2.37. The fraction of sp³-hybridized carbons (Fsp3) is 0.562. The summed E-state index contributed by atoms with van der Waals surface area (Å²) in [6.45, 7) is 6.19. The van der Waals surface area contributed by atoms with Crippen LogP contribution in [0.5, 0.6) is 0 Å². The molecule has 0 N–H and O–H groups in total. The molecule has 5 nitrogen and oxygen atoms in total. The molecule has 0 aliphatic rings. The van der Waals surface area contributed by atoms with Gasteiger partial charge in [-0.25, -0.2) is 0 Å². The maximum atomic E-state index is 12.9. The van der Waals surface area contributed by atoms with Gasteiger partial charge in [0.2, 0.25) is 5.91 Å². The van der Waals surface area contributed by atoms with Gasteiger partial charge in [-0.05, 0) is 19.4 Å². The zero-order valence-electron chi connectivity index (χ0n) is 13.9. The van der Waals surface area contributed by atoms with Gasteiger partial charge in [-0.1, -0.05) is 30.3 Å². The monoisotopic (exact) mass is 361 g/mol. The molecular weight excluding hydrogens is 337 g/mol. The average Bonchev–Trinajstić information content (AvgIpc) is 2.52. The second-order valence-electron chi connectivity index (χ2n) is 5.07. The van der Waals surface area contributed by atoms with E-state index in [1.807, 2.05) is 30.3 Å². The first-order valence-corrected chi connectivity index (χ1v) is 9.85. The summed E-state index contributed by atoms with van der Waals surface area (Å²) >= 11 is 6.00. The molecule has 0 bridgehead atoms. The number of halogens is 1. The minimum atomic E-state index is -3.35. The van der Waals surface area contributed by atoms with Gasteiger partial charge in [0, 0.05) is 25.9 Å². The molecule has 1 rings (SSSR count). The fourth-order valence-corrected chi connectivity index (χ4v) is 4.59. The van der Waals surface area contributed by atoms with E-state index >= 15 is 0 Å². The van der Waals surface area contributed by atoms with Crippen LogP contribution in [-0.4, -0.2) is 42.1 Å². The topological polar surface area (TPSA) is 55.8 Å². The Morgan fingerprint density at radius 2 is 1.78 bits per heavy atom. The van der Waals surface area contributed by atoms with E-state index < -0.39 is 13.3 Å². The minimum absolute atomic E-state index is 0.0931. The van der Waals surface area contributed by atoms with E-state index in [2.05, 4.69) is 0 Å². The highest BCUT2D eigenvalue weighted by atomic mass is 35.5. The maximum absolute atomic E-state index is 12.9. The van der Waals surface area contributed by atoms with Crippen LogP contribution in [0.4, 0.5) is 0 Å². The summed E-state index contributed by atoms with van der Waals surface area (Å²) < 4.78 is 23.6. The Hall–Kier alpha value is -0.870. The Balaban J connectivity index is 2.90. The standard InChI is InChI=1S/C16H25ClNO4P/c1-4-21-23(20,22-5-2)16(11-17)13-18(14(3)19)12-15-9-7-6-8-10-15/h6-10,16H,4-5,11-13H2,1-3H3. The zero-order chi connectivity index (χ0) is 17.3. The van der Waals surface area contributed by atoms with Crippen LogP contribution >= 0.6 is 19.2 Å². The largest absolute Gasteiger partial charge is 0.338 e. The molecule has 0 heterocycles. The minimum Gasteiger partial charge on any atom is -0.338 e. The van der Waals surface area contributed by atoms with Crippen molar-refractivity contribution in [2.45, 2.75) is 33.0 Å². The molecule has 0 aliphatic heterocycles. The highest BCUT2D eigenvalue weighted by Gasteiger charge is 2.36.